The number of ketones is 1. The van der Waals surface area contributed by atoms with Gasteiger partial charge in [-0.1, -0.05) is 54.1 Å². The van der Waals surface area contributed by atoms with Crippen LogP contribution in [0.2, 0.25) is 5.02 Å². The third-order valence-corrected chi connectivity index (χ3v) is 6.61. The molecule has 4 aromatic rings. The van der Waals surface area contributed by atoms with E-state index < -0.39 is 0 Å². The second-order valence-electron chi connectivity index (χ2n) is 7.33. The second kappa shape index (κ2) is 8.96. The fourth-order valence-electron chi connectivity index (χ4n) is 3.73. The highest BCUT2D eigenvalue weighted by molar-refractivity contribution is 7.20. The molecule has 156 valence electrons. The summed E-state index contributed by atoms with van der Waals surface area (Å²) in [7, 11) is 1.66. The van der Waals surface area contributed by atoms with Crippen molar-refractivity contribution in [1.82, 2.24) is 0 Å². The van der Waals surface area contributed by atoms with Gasteiger partial charge in [-0.2, -0.15) is 0 Å². The van der Waals surface area contributed by atoms with Crippen LogP contribution in [-0.4, -0.2) is 12.9 Å². The third-order valence-electron chi connectivity index (χ3n) is 5.24. The van der Waals surface area contributed by atoms with E-state index in [2.05, 4.69) is 6.07 Å². The number of aryl methyl sites for hydroxylation is 1. The summed E-state index contributed by atoms with van der Waals surface area (Å²) in [5.41, 5.74) is 11.7. The quantitative estimate of drug-likeness (QED) is 0.331. The number of rotatable bonds is 6. The maximum Gasteiger partial charge on any atom is 0.196 e. The molecule has 3 aromatic carbocycles. The first-order valence-electron chi connectivity index (χ1n) is 9.88. The van der Waals surface area contributed by atoms with Gasteiger partial charge in [-0.25, -0.2) is 0 Å². The van der Waals surface area contributed by atoms with Crippen molar-refractivity contribution in [3.63, 3.8) is 0 Å². The Labute approximate surface area is 191 Å². The molecule has 0 aliphatic rings. The minimum absolute atomic E-state index is 0.0900. The van der Waals surface area contributed by atoms with Crippen LogP contribution in [0.3, 0.4) is 0 Å². The van der Waals surface area contributed by atoms with Gasteiger partial charge in [-0.3, -0.25) is 4.79 Å². The average Bonchev–Trinajstić information content (AvgIpc) is 3.10. The number of halogens is 1. The Kier molecular flexibility index (Phi) is 6.12. The van der Waals surface area contributed by atoms with Crippen molar-refractivity contribution in [3.05, 3.63) is 106 Å². The first-order chi connectivity index (χ1) is 15.0. The number of carbonyl (C=O) groups is 1. The summed E-state index contributed by atoms with van der Waals surface area (Å²) in [6.45, 7) is 2.02. The van der Waals surface area contributed by atoms with E-state index in [1.165, 1.54) is 11.3 Å². The van der Waals surface area contributed by atoms with Crippen LogP contribution in [0.4, 0.5) is 5.00 Å². The molecule has 0 fully saturated rings. The molecule has 4 rings (SSSR count). The molecule has 5 heteroatoms. The predicted octanol–water partition coefficient (Wildman–Crippen LogP) is 6.79. The van der Waals surface area contributed by atoms with Crippen molar-refractivity contribution >= 4 is 33.7 Å². The van der Waals surface area contributed by atoms with Crippen molar-refractivity contribution in [3.8, 4) is 16.2 Å². The van der Waals surface area contributed by atoms with Crippen LogP contribution in [0.25, 0.3) is 10.4 Å². The number of carbonyl (C=O) groups excluding carboxylic acids is 1. The largest absolute Gasteiger partial charge is 0.496 e. The summed E-state index contributed by atoms with van der Waals surface area (Å²) < 4.78 is 5.39. The number of nitrogens with two attached hydrogens (primary N) is 1. The fourth-order valence-corrected chi connectivity index (χ4v) is 4.94. The molecule has 1 aromatic heterocycles. The molecular formula is C26H22ClNO2S. The van der Waals surface area contributed by atoms with Gasteiger partial charge in [0.2, 0.25) is 0 Å². The molecule has 0 aliphatic carbocycles. The summed E-state index contributed by atoms with van der Waals surface area (Å²) in [6, 6.07) is 23.1. The van der Waals surface area contributed by atoms with E-state index in [9.17, 15) is 4.79 Å². The zero-order valence-corrected chi connectivity index (χ0v) is 18.9. The summed E-state index contributed by atoms with van der Waals surface area (Å²) >= 11 is 7.47. The highest BCUT2D eigenvalue weighted by Crippen LogP contribution is 2.41. The lowest BCUT2D eigenvalue weighted by molar-refractivity contribution is 0.103. The molecule has 0 spiro atoms. The van der Waals surface area contributed by atoms with Gasteiger partial charge in [-0.05, 0) is 65.9 Å². The van der Waals surface area contributed by atoms with Crippen LogP contribution in [0.15, 0.2) is 72.8 Å². The molecule has 0 radical (unpaired) electrons. The summed E-state index contributed by atoms with van der Waals surface area (Å²) in [5.74, 6) is 0.752. The molecule has 0 aliphatic heterocycles. The maximum atomic E-state index is 13.5. The van der Waals surface area contributed by atoms with E-state index in [-0.39, 0.29) is 5.78 Å². The van der Waals surface area contributed by atoms with E-state index >= 15 is 0 Å². The van der Waals surface area contributed by atoms with Crippen LogP contribution in [-0.2, 0) is 6.42 Å². The number of thiophene rings is 1. The topological polar surface area (TPSA) is 52.3 Å². The Hall–Kier alpha value is -3.08. The van der Waals surface area contributed by atoms with Gasteiger partial charge in [0.25, 0.3) is 0 Å². The molecule has 0 unspecified atom stereocenters. The maximum absolute atomic E-state index is 13.5. The Bertz CT molecular complexity index is 1230. The molecule has 0 atom stereocenters. The normalized spacial score (nSPS) is 10.8. The van der Waals surface area contributed by atoms with Crippen molar-refractivity contribution in [2.24, 2.45) is 0 Å². The van der Waals surface area contributed by atoms with Crippen molar-refractivity contribution in [1.29, 1.82) is 0 Å². The zero-order chi connectivity index (χ0) is 22.0. The van der Waals surface area contributed by atoms with Gasteiger partial charge >= 0.3 is 0 Å². The van der Waals surface area contributed by atoms with Crippen LogP contribution < -0.4 is 10.5 Å². The first kappa shape index (κ1) is 21.2. The van der Waals surface area contributed by atoms with Crippen molar-refractivity contribution < 1.29 is 9.53 Å². The number of hydrogen-bond acceptors (Lipinski definition) is 4. The average molecular weight is 448 g/mol. The predicted molar refractivity (Wildman–Crippen MR) is 130 cm³/mol. The molecule has 0 amide bonds. The summed E-state index contributed by atoms with van der Waals surface area (Å²) in [4.78, 5) is 14.5. The lowest BCUT2D eigenvalue weighted by atomic mass is 9.93. The number of ether oxygens (including phenoxy) is 1. The standard InChI is InChI=1S/C26H22ClNO2S/c1-16-14-17(8-13-22(16)30-2)15-21-23(24(29)18-9-11-20(27)12-10-18)26(28)31-25(21)19-6-4-3-5-7-19/h3-14H,15,28H2,1-2H3. The molecular weight excluding hydrogens is 426 g/mol. The van der Waals surface area contributed by atoms with Crippen molar-refractivity contribution in [2.75, 3.05) is 12.8 Å². The Morgan fingerprint density at radius 3 is 2.39 bits per heavy atom. The first-order valence-corrected chi connectivity index (χ1v) is 11.1. The summed E-state index contributed by atoms with van der Waals surface area (Å²) in [5, 5.41) is 1.12. The number of nitrogen functional groups attached to an aromatic ring is 1. The highest BCUT2D eigenvalue weighted by atomic mass is 35.5. The van der Waals surface area contributed by atoms with E-state index in [4.69, 9.17) is 22.1 Å². The number of anilines is 1. The van der Waals surface area contributed by atoms with E-state index in [0.717, 1.165) is 32.9 Å². The molecule has 0 saturated heterocycles. The highest BCUT2D eigenvalue weighted by Gasteiger charge is 2.24. The molecule has 0 bridgehead atoms. The van der Waals surface area contributed by atoms with E-state index in [1.54, 1.807) is 31.4 Å². The van der Waals surface area contributed by atoms with Crippen LogP contribution in [0, 0.1) is 6.92 Å². The van der Waals surface area contributed by atoms with Crippen LogP contribution >= 0.6 is 22.9 Å². The fraction of sp³-hybridized carbons (Fsp3) is 0.115. The second-order valence-corrected chi connectivity index (χ2v) is 8.82. The molecule has 2 N–H and O–H groups in total. The minimum Gasteiger partial charge on any atom is -0.496 e. The van der Waals surface area contributed by atoms with E-state index in [1.807, 2.05) is 49.4 Å². The smallest absolute Gasteiger partial charge is 0.196 e. The molecule has 1 heterocycles. The number of benzene rings is 3. The Balaban J connectivity index is 1.85. The summed E-state index contributed by atoms with van der Waals surface area (Å²) in [6.07, 6.45) is 0.595. The third kappa shape index (κ3) is 4.36. The van der Waals surface area contributed by atoms with Crippen LogP contribution in [0.5, 0.6) is 5.75 Å². The lowest BCUT2D eigenvalue weighted by Crippen LogP contribution is -2.07. The van der Waals surface area contributed by atoms with Gasteiger partial charge in [0.1, 0.15) is 5.75 Å². The minimum atomic E-state index is -0.0900. The monoisotopic (exact) mass is 447 g/mol. The van der Waals surface area contributed by atoms with Gasteiger partial charge in [0, 0.05) is 15.5 Å². The molecule has 0 saturated carbocycles. The SMILES string of the molecule is COc1ccc(Cc2c(-c3ccccc3)sc(N)c2C(=O)c2ccc(Cl)cc2)cc1C. The van der Waals surface area contributed by atoms with E-state index in [0.29, 0.717) is 27.6 Å². The number of methoxy groups -OCH3 is 1. The van der Waals surface area contributed by atoms with Crippen LogP contribution in [0.1, 0.15) is 32.6 Å². The van der Waals surface area contributed by atoms with Gasteiger partial charge < -0.3 is 10.5 Å². The zero-order valence-electron chi connectivity index (χ0n) is 17.3. The number of hydrogen-bond donors (Lipinski definition) is 1. The van der Waals surface area contributed by atoms with Crippen molar-refractivity contribution in [2.45, 2.75) is 13.3 Å². The van der Waals surface area contributed by atoms with Gasteiger partial charge in [0.05, 0.1) is 17.7 Å². The molecule has 31 heavy (non-hydrogen) atoms. The lowest BCUT2D eigenvalue weighted by Gasteiger charge is -2.11. The van der Waals surface area contributed by atoms with Gasteiger partial charge in [-0.15, -0.1) is 11.3 Å². The Morgan fingerprint density at radius 1 is 1.03 bits per heavy atom. The molecule has 3 nitrogen and oxygen atoms in total. The van der Waals surface area contributed by atoms with Gasteiger partial charge in [0.15, 0.2) is 5.78 Å². The Morgan fingerprint density at radius 2 is 1.74 bits per heavy atom.